The summed E-state index contributed by atoms with van der Waals surface area (Å²) in [6.45, 7) is -2.93. The molecule has 16 heavy (non-hydrogen) atoms. The lowest BCUT2D eigenvalue weighted by molar-refractivity contribution is -0.0499. The van der Waals surface area contributed by atoms with Gasteiger partial charge in [-0.2, -0.15) is 8.78 Å². The number of carbonyl (C=O) groups is 1. The Hall–Kier alpha value is -1.97. The number of halogens is 2. The highest BCUT2D eigenvalue weighted by Gasteiger charge is 2.11. The molecule has 2 aromatic carbocycles. The number of rotatable bonds is 3. The van der Waals surface area contributed by atoms with E-state index in [1.807, 2.05) is 6.07 Å². The first-order valence-corrected chi connectivity index (χ1v) is 4.64. The Morgan fingerprint density at radius 3 is 2.56 bits per heavy atom. The second-order valence-corrected chi connectivity index (χ2v) is 3.19. The fourth-order valence-corrected chi connectivity index (χ4v) is 1.60. The number of aldehydes is 1. The highest BCUT2D eigenvalue weighted by molar-refractivity contribution is 6.00. The van der Waals surface area contributed by atoms with E-state index in [0.29, 0.717) is 11.7 Å². The van der Waals surface area contributed by atoms with Gasteiger partial charge < -0.3 is 4.74 Å². The van der Waals surface area contributed by atoms with Crippen molar-refractivity contribution < 1.29 is 18.3 Å². The van der Waals surface area contributed by atoms with Gasteiger partial charge in [0, 0.05) is 0 Å². The lowest BCUT2D eigenvalue weighted by Crippen LogP contribution is -2.04. The maximum atomic E-state index is 12.1. The Morgan fingerprint density at radius 1 is 1.12 bits per heavy atom. The molecule has 0 unspecified atom stereocenters. The van der Waals surface area contributed by atoms with E-state index in [1.165, 1.54) is 6.07 Å². The van der Waals surface area contributed by atoms with Crippen molar-refractivity contribution in [2.75, 3.05) is 0 Å². The van der Waals surface area contributed by atoms with Crippen LogP contribution < -0.4 is 4.74 Å². The third-order valence-corrected chi connectivity index (χ3v) is 2.26. The molecule has 0 aliphatic carbocycles. The van der Waals surface area contributed by atoms with Gasteiger partial charge in [-0.1, -0.05) is 30.3 Å². The minimum absolute atomic E-state index is 0.0938. The van der Waals surface area contributed by atoms with Gasteiger partial charge in [0.25, 0.3) is 0 Å². The second-order valence-electron chi connectivity index (χ2n) is 3.19. The molecule has 4 heteroatoms. The Labute approximate surface area is 90.4 Å². The van der Waals surface area contributed by atoms with Gasteiger partial charge in [-0.25, -0.2) is 0 Å². The third kappa shape index (κ3) is 1.86. The van der Waals surface area contributed by atoms with Gasteiger partial charge in [0.05, 0.1) is 5.56 Å². The predicted molar refractivity (Wildman–Crippen MR) is 56.0 cm³/mol. The molecule has 2 rings (SSSR count). The van der Waals surface area contributed by atoms with E-state index in [0.717, 1.165) is 5.39 Å². The number of hydrogen-bond donors (Lipinski definition) is 0. The summed E-state index contributed by atoms with van der Waals surface area (Å²) in [7, 11) is 0. The summed E-state index contributed by atoms with van der Waals surface area (Å²) in [6, 6.07) is 10.1. The molecule has 0 amide bonds. The molecule has 0 radical (unpaired) electrons. The summed E-state index contributed by atoms with van der Waals surface area (Å²) >= 11 is 0. The van der Waals surface area contributed by atoms with Crippen molar-refractivity contribution in [3.63, 3.8) is 0 Å². The van der Waals surface area contributed by atoms with E-state index in [2.05, 4.69) is 4.74 Å². The molecular formula is C12H8F2O2. The largest absolute Gasteiger partial charge is 0.434 e. The molecule has 2 nitrogen and oxygen atoms in total. The van der Waals surface area contributed by atoms with Crippen LogP contribution in [0.3, 0.4) is 0 Å². The molecule has 0 saturated heterocycles. The average molecular weight is 222 g/mol. The fourth-order valence-electron chi connectivity index (χ4n) is 1.60. The smallest absolute Gasteiger partial charge is 0.387 e. The van der Waals surface area contributed by atoms with Gasteiger partial charge in [0.1, 0.15) is 5.75 Å². The summed E-state index contributed by atoms with van der Waals surface area (Å²) < 4.78 is 28.5. The molecule has 0 bridgehead atoms. The number of alkyl halides is 2. The number of fused-ring (bicyclic) bond motifs is 1. The topological polar surface area (TPSA) is 26.3 Å². The molecule has 0 aromatic heterocycles. The predicted octanol–water partition coefficient (Wildman–Crippen LogP) is 3.25. The Kier molecular flexibility index (Phi) is 2.81. The quantitative estimate of drug-likeness (QED) is 0.745. The molecule has 2 aromatic rings. The highest BCUT2D eigenvalue weighted by atomic mass is 19.3. The van der Waals surface area contributed by atoms with E-state index in [1.54, 1.807) is 24.3 Å². The van der Waals surface area contributed by atoms with Gasteiger partial charge in [-0.05, 0) is 16.8 Å². The van der Waals surface area contributed by atoms with Crippen molar-refractivity contribution in [2.45, 2.75) is 6.61 Å². The van der Waals surface area contributed by atoms with E-state index in [-0.39, 0.29) is 11.3 Å². The van der Waals surface area contributed by atoms with Gasteiger partial charge in [-0.3, -0.25) is 4.79 Å². The van der Waals surface area contributed by atoms with E-state index in [9.17, 15) is 13.6 Å². The molecule has 0 N–H and O–H groups in total. The zero-order valence-corrected chi connectivity index (χ0v) is 8.19. The van der Waals surface area contributed by atoms with Crippen molar-refractivity contribution in [3.05, 3.63) is 42.0 Å². The molecule has 0 saturated carbocycles. The second kappa shape index (κ2) is 4.26. The van der Waals surface area contributed by atoms with Gasteiger partial charge in [0.15, 0.2) is 6.29 Å². The molecular weight excluding hydrogens is 214 g/mol. The summed E-state index contributed by atoms with van der Waals surface area (Å²) in [5.74, 6) is -0.0938. The molecule has 0 atom stereocenters. The number of ether oxygens (including phenoxy) is 1. The Bertz CT molecular complexity index is 523. The van der Waals surface area contributed by atoms with Crippen LogP contribution in [0.1, 0.15) is 10.4 Å². The first-order valence-electron chi connectivity index (χ1n) is 4.64. The van der Waals surface area contributed by atoms with E-state index >= 15 is 0 Å². The minimum atomic E-state index is -2.93. The zero-order valence-electron chi connectivity index (χ0n) is 8.19. The molecule has 0 heterocycles. The van der Waals surface area contributed by atoms with E-state index < -0.39 is 6.61 Å². The normalized spacial score (nSPS) is 10.7. The lowest BCUT2D eigenvalue weighted by atomic mass is 10.0. The first-order chi connectivity index (χ1) is 7.72. The van der Waals surface area contributed by atoms with Crippen LogP contribution in [0.2, 0.25) is 0 Å². The molecule has 0 spiro atoms. The summed E-state index contributed by atoms with van der Waals surface area (Å²) in [6.07, 6.45) is 0.528. The molecule has 0 aliphatic rings. The number of benzene rings is 2. The molecule has 0 aliphatic heterocycles. The first kappa shape index (κ1) is 10.5. The van der Waals surface area contributed by atoms with Crippen molar-refractivity contribution in [2.24, 2.45) is 0 Å². The van der Waals surface area contributed by atoms with Gasteiger partial charge >= 0.3 is 6.61 Å². The highest BCUT2D eigenvalue weighted by Crippen LogP contribution is 2.27. The standard InChI is InChI=1S/C12H8F2O2/c13-12(14)16-11-6-5-8-3-1-2-4-9(8)10(11)7-15/h1-7,12H. The summed E-state index contributed by atoms with van der Waals surface area (Å²) in [4.78, 5) is 10.9. The zero-order chi connectivity index (χ0) is 11.5. The monoisotopic (exact) mass is 222 g/mol. The van der Waals surface area contributed by atoms with Crippen molar-refractivity contribution >= 4 is 17.1 Å². The van der Waals surface area contributed by atoms with Crippen LogP contribution in [0.15, 0.2) is 36.4 Å². The minimum Gasteiger partial charge on any atom is -0.434 e. The van der Waals surface area contributed by atoms with Crippen LogP contribution in [-0.4, -0.2) is 12.9 Å². The molecule has 82 valence electrons. The van der Waals surface area contributed by atoms with E-state index in [4.69, 9.17) is 0 Å². The van der Waals surface area contributed by atoms with Crippen LogP contribution in [0, 0.1) is 0 Å². The SMILES string of the molecule is O=Cc1c(OC(F)F)ccc2ccccc12. The van der Waals surface area contributed by atoms with Crippen LogP contribution >= 0.6 is 0 Å². The maximum absolute atomic E-state index is 12.1. The van der Waals surface area contributed by atoms with Crippen LogP contribution in [0.4, 0.5) is 8.78 Å². The van der Waals surface area contributed by atoms with Gasteiger partial charge in [0.2, 0.25) is 0 Å². The fraction of sp³-hybridized carbons (Fsp3) is 0.0833. The lowest BCUT2D eigenvalue weighted by Gasteiger charge is -2.09. The Morgan fingerprint density at radius 2 is 1.88 bits per heavy atom. The van der Waals surface area contributed by atoms with Crippen molar-refractivity contribution in [1.82, 2.24) is 0 Å². The number of hydrogen-bond acceptors (Lipinski definition) is 2. The van der Waals surface area contributed by atoms with Crippen LogP contribution in [0.5, 0.6) is 5.75 Å². The van der Waals surface area contributed by atoms with Gasteiger partial charge in [-0.15, -0.1) is 0 Å². The van der Waals surface area contributed by atoms with Crippen LogP contribution in [0.25, 0.3) is 10.8 Å². The number of carbonyl (C=O) groups excluding carboxylic acids is 1. The maximum Gasteiger partial charge on any atom is 0.387 e. The third-order valence-electron chi connectivity index (χ3n) is 2.26. The average Bonchev–Trinajstić information content (AvgIpc) is 2.28. The van der Waals surface area contributed by atoms with Crippen molar-refractivity contribution in [1.29, 1.82) is 0 Å². The molecule has 0 fully saturated rings. The van der Waals surface area contributed by atoms with Crippen LogP contribution in [-0.2, 0) is 0 Å². The Balaban J connectivity index is 2.63. The summed E-state index contributed by atoms with van der Waals surface area (Å²) in [5.41, 5.74) is 0.151. The van der Waals surface area contributed by atoms with Crippen molar-refractivity contribution in [3.8, 4) is 5.75 Å². The summed E-state index contributed by atoms with van der Waals surface area (Å²) in [5, 5.41) is 1.42.